The molecule has 0 bridgehead atoms. The monoisotopic (exact) mass is 1170 g/mol. The molecule has 0 atom stereocenters. The van der Waals surface area contributed by atoms with Gasteiger partial charge in [-0.2, -0.15) is 0 Å². The van der Waals surface area contributed by atoms with E-state index in [2.05, 4.69) is 237 Å². The van der Waals surface area contributed by atoms with Crippen molar-refractivity contribution in [3.8, 4) is 113 Å². The van der Waals surface area contributed by atoms with Crippen molar-refractivity contribution in [2.75, 3.05) is 0 Å². The van der Waals surface area contributed by atoms with Crippen LogP contribution in [-0.2, 0) is 0 Å². The SMILES string of the molecule is c1ccc(-c2ccc(-c3nc(-c4ccccc4)nc(-c4ccc(-c5cccc6oc7c(-c8cccc9c(-c%10nc(-c%11ccccc%11)nc(-c%11ccc(-c%12cccc%13oc%14c%15ccccc%15ccc%14c%12%13)cc%11)n%10)cccc89)cc8ccccc8c7c56)cc4)n3)cc2)cc1. The van der Waals surface area contributed by atoms with Gasteiger partial charge in [-0.05, 0) is 90.1 Å². The first kappa shape index (κ1) is 52.6. The Morgan fingerprint density at radius 1 is 0.185 bits per heavy atom. The summed E-state index contributed by atoms with van der Waals surface area (Å²) in [6.45, 7) is 0. The summed E-state index contributed by atoms with van der Waals surface area (Å²) in [5, 5.41) is 10.8. The summed E-state index contributed by atoms with van der Waals surface area (Å²) in [6, 6.07) is 105. The summed E-state index contributed by atoms with van der Waals surface area (Å²) in [6.07, 6.45) is 0. The molecule has 0 unspecified atom stereocenters. The van der Waals surface area contributed by atoms with Crippen LogP contribution < -0.4 is 0 Å². The molecular weight excluding hydrogens is 1120 g/mol. The van der Waals surface area contributed by atoms with Crippen LogP contribution >= 0.6 is 0 Å². The first-order chi connectivity index (χ1) is 45.6. The normalized spacial score (nSPS) is 11.7. The predicted molar refractivity (Wildman–Crippen MR) is 375 cm³/mol. The molecule has 4 heterocycles. The topological polar surface area (TPSA) is 104 Å². The fourth-order valence-corrected chi connectivity index (χ4v) is 13.4. The van der Waals surface area contributed by atoms with E-state index in [1.165, 1.54) is 0 Å². The van der Waals surface area contributed by atoms with E-state index in [1.54, 1.807) is 0 Å². The predicted octanol–water partition coefficient (Wildman–Crippen LogP) is 22.0. The number of hydrogen-bond donors (Lipinski definition) is 0. The fraction of sp³-hybridized carbons (Fsp3) is 0. The first-order valence-electron chi connectivity index (χ1n) is 30.8. The molecule has 8 nitrogen and oxygen atoms in total. The molecular formula is C84H50N6O2. The second kappa shape index (κ2) is 21.7. The molecule has 0 amide bonds. The van der Waals surface area contributed by atoms with E-state index in [1.807, 2.05) is 66.7 Å². The lowest BCUT2D eigenvalue weighted by Gasteiger charge is -2.14. The Labute approximate surface area is 528 Å². The van der Waals surface area contributed by atoms with Gasteiger partial charge in [0.1, 0.15) is 22.3 Å². The highest BCUT2D eigenvalue weighted by atomic mass is 16.3. The molecule has 0 aliphatic carbocycles. The highest BCUT2D eigenvalue weighted by Gasteiger charge is 2.23. The van der Waals surface area contributed by atoms with Crippen LogP contribution in [0.4, 0.5) is 0 Å². The Bertz CT molecular complexity index is 5910. The molecule has 0 aliphatic rings. The van der Waals surface area contributed by atoms with Crippen molar-refractivity contribution in [1.82, 2.24) is 29.9 Å². The zero-order valence-electron chi connectivity index (χ0n) is 49.4. The van der Waals surface area contributed by atoms with Gasteiger partial charge >= 0.3 is 0 Å². The molecule has 4 aromatic heterocycles. The summed E-state index contributed by atoms with van der Waals surface area (Å²) in [7, 11) is 0. The molecule has 0 spiro atoms. The van der Waals surface area contributed by atoms with Gasteiger partial charge in [0, 0.05) is 65.9 Å². The van der Waals surface area contributed by atoms with E-state index in [0.717, 1.165) is 154 Å². The smallest absolute Gasteiger partial charge is 0.164 e. The minimum Gasteiger partial charge on any atom is -0.455 e. The van der Waals surface area contributed by atoms with E-state index in [4.69, 9.17) is 38.7 Å². The van der Waals surface area contributed by atoms with E-state index < -0.39 is 0 Å². The van der Waals surface area contributed by atoms with Gasteiger partial charge in [0.25, 0.3) is 0 Å². The molecule has 0 saturated carbocycles. The molecule has 0 radical (unpaired) electrons. The van der Waals surface area contributed by atoms with Gasteiger partial charge < -0.3 is 8.83 Å². The highest BCUT2D eigenvalue weighted by molar-refractivity contribution is 6.27. The molecule has 18 rings (SSSR count). The van der Waals surface area contributed by atoms with Crippen molar-refractivity contribution in [2.45, 2.75) is 0 Å². The summed E-state index contributed by atoms with van der Waals surface area (Å²) >= 11 is 0. The highest BCUT2D eigenvalue weighted by Crippen LogP contribution is 2.47. The fourth-order valence-electron chi connectivity index (χ4n) is 13.4. The van der Waals surface area contributed by atoms with Crippen LogP contribution in [-0.4, -0.2) is 29.9 Å². The summed E-state index contributed by atoms with van der Waals surface area (Å²) < 4.78 is 13.7. The maximum Gasteiger partial charge on any atom is 0.164 e. The number of benzene rings is 14. The summed E-state index contributed by atoms with van der Waals surface area (Å²) in [5.41, 5.74) is 17.3. The van der Waals surface area contributed by atoms with E-state index in [0.29, 0.717) is 34.9 Å². The summed E-state index contributed by atoms with van der Waals surface area (Å²) in [5.74, 6) is 3.55. The lowest BCUT2D eigenvalue weighted by atomic mass is 9.90. The second-order valence-electron chi connectivity index (χ2n) is 23.2. The van der Waals surface area contributed by atoms with Crippen molar-refractivity contribution in [3.05, 3.63) is 303 Å². The summed E-state index contributed by atoms with van der Waals surface area (Å²) in [4.78, 5) is 31.0. The number of rotatable bonds is 10. The second-order valence-corrected chi connectivity index (χ2v) is 23.2. The Morgan fingerprint density at radius 3 is 1.14 bits per heavy atom. The maximum atomic E-state index is 7.16. The molecule has 0 N–H and O–H groups in total. The molecule has 18 aromatic rings. The number of nitrogens with zero attached hydrogens (tertiary/aromatic N) is 6. The third-order valence-corrected chi connectivity index (χ3v) is 17.8. The van der Waals surface area contributed by atoms with Crippen molar-refractivity contribution in [3.63, 3.8) is 0 Å². The number of furan rings is 2. The van der Waals surface area contributed by atoms with Crippen LogP contribution in [0.3, 0.4) is 0 Å². The van der Waals surface area contributed by atoms with Crippen LogP contribution in [0, 0.1) is 0 Å². The average Bonchev–Trinajstić information content (AvgIpc) is 1.54. The van der Waals surface area contributed by atoms with Gasteiger partial charge in [-0.15, -0.1) is 0 Å². The minimum absolute atomic E-state index is 0.576. The Morgan fingerprint density at radius 2 is 0.565 bits per heavy atom. The Hall–Kier alpha value is -12.5. The van der Waals surface area contributed by atoms with E-state index >= 15 is 0 Å². The van der Waals surface area contributed by atoms with Gasteiger partial charge in [-0.1, -0.05) is 279 Å². The first-order valence-corrected chi connectivity index (χ1v) is 30.8. The number of fused-ring (bicyclic) bond motifs is 11. The van der Waals surface area contributed by atoms with Gasteiger partial charge in [0.05, 0.1) is 0 Å². The van der Waals surface area contributed by atoms with Crippen LogP contribution in [0.1, 0.15) is 0 Å². The lowest BCUT2D eigenvalue weighted by molar-refractivity contribution is 0.670. The van der Waals surface area contributed by atoms with Crippen LogP contribution in [0.15, 0.2) is 312 Å². The van der Waals surface area contributed by atoms with Gasteiger partial charge in [-0.25, -0.2) is 29.9 Å². The molecule has 428 valence electrons. The lowest BCUT2D eigenvalue weighted by Crippen LogP contribution is -2.00. The quantitative estimate of drug-likeness (QED) is 0.133. The van der Waals surface area contributed by atoms with Crippen molar-refractivity contribution in [1.29, 1.82) is 0 Å². The Balaban J connectivity index is 0.728. The van der Waals surface area contributed by atoms with Gasteiger partial charge in [-0.3, -0.25) is 0 Å². The van der Waals surface area contributed by atoms with Crippen LogP contribution in [0.25, 0.3) is 189 Å². The zero-order valence-corrected chi connectivity index (χ0v) is 49.4. The third-order valence-electron chi connectivity index (χ3n) is 17.8. The molecule has 0 fully saturated rings. The van der Waals surface area contributed by atoms with Crippen LogP contribution in [0.2, 0.25) is 0 Å². The largest absolute Gasteiger partial charge is 0.455 e. The minimum atomic E-state index is 0.576. The Kier molecular flexibility index (Phi) is 12.4. The van der Waals surface area contributed by atoms with E-state index in [9.17, 15) is 0 Å². The molecule has 92 heavy (non-hydrogen) atoms. The molecule has 8 heteroatoms. The number of hydrogen-bond acceptors (Lipinski definition) is 8. The van der Waals surface area contributed by atoms with Crippen molar-refractivity contribution < 1.29 is 8.83 Å². The maximum absolute atomic E-state index is 7.16. The molecule has 0 aliphatic heterocycles. The molecule has 0 saturated heterocycles. The zero-order chi connectivity index (χ0) is 60.6. The average molecular weight is 1180 g/mol. The third kappa shape index (κ3) is 8.99. The van der Waals surface area contributed by atoms with Crippen LogP contribution in [0.5, 0.6) is 0 Å². The van der Waals surface area contributed by atoms with Gasteiger partial charge in [0.15, 0.2) is 34.9 Å². The standard InChI is InChI=1S/C84H50N6O2/c1-4-18-51(19-5-1)52-36-42-58(43-37-52)81-85-79(56-21-6-2-7-22-56)86-82(88-81)59-46-40-55(41-47-59)63-29-17-35-73-75(63)76-64-26-12-11-25-61(64)50-71(78(76)92-73)68-32-14-31-67-66(68)30-15-33-69(67)84-89-80(57-23-8-3-9-24-57)87-83(90-84)60-44-38-54(39-45-60)62-28-16-34-72-74(62)70-49-48-53-20-10-13-27-65(53)77(70)91-72/h1-50H. The number of aromatic nitrogens is 6. The van der Waals surface area contributed by atoms with Crippen molar-refractivity contribution in [2.24, 2.45) is 0 Å². The van der Waals surface area contributed by atoms with Gasteiger partial charge in [0.2, 0.25) is 0 Å². The molecule has 14 aromatic carbocycles. The van der Waals surface area contributed by atoms with E-state index in [-0.39, 0.29) is 0 Å². The van der Waals surface area contributed by atoms with Crippen molar-refractivity contribution >= 4 is 76.2 Å².